The summed E-state index contributed by atoms with van der Waals surface area (Å²) in [5.74, 6) is 0.710. The number of aryl methyl sites for hydroxylation is 1. The normalized spacial score (nSPS) is 10.9. The Morgan fingerprint density at radius 1 is 1.20 bits per heavy atom. The van der Waals surface area contributed by atoms with Crippen LogP contribution in [0.1, 0.15) is 12.5 Å². The minimum atomic E-state index is 0.191. The van der Waals surface area contributed by atoms with Gasteiger partial charge in [0.05, 0.1) is 6.33 Å². The number of anilines is 2. The summed E-state index contributed by atoms with van der Waals surface area (Å²) in [5, 5.41) is 0.191. The quantitative estimate of drug-likeness (QED) is 0.751. The van der Waals surface area contributed by atoms with Crippen LogP contribution in [-0.4, -0.2) is 27.0 Å². The lowest BCUT2D eigenvalue weighted by Gasteiger charge is -2.19. The van der Waals surface area contributed by atoms with Crippen molar-refractivity contribution in [2.24, 2.45) is 0 Å². The third kappa shape index (κ3) is 2.20. The van der Waals surface area contributed by atoms with Crippen LogP contribution < -0.4 is 4.90 Å². The van der Waals surface area contributed by atoms with Crippen LogP contribution in [0.4, 0.5) is 11.5 Å². The fourth-order valence-corrected chi connectivity index (χ4v) is 2.27. The van der Waals surface area contributed by atoms with E-state index in [4.69, 9.17) is 11.6 Å². The molecule has 1 N–H and O–H groups in total. The molecular formula is C14H14ClN5. The maximum absolute atomic E-state index is 5.96. The number of benzene rings is 1. The van der Waals surface area contributed by atoms with Gasteiger partial charge in [-0.15, -0.1) is 0 Å². The fourth-order valence-electron chi connectivity index (χ4n) is 2.11. The van der Waals surface area contributed by atoms with E-state index >= 15 is 0 Å². The zero-order valence-electron chi connectivity index (χ0n) is 11.3. The number of fused-ring (bicyclic) bond motifs is 1. The van der Waals surface area contributed by atoms with E-state index in [0.29, 0.717) is 11.5 Å². The SMILES string of the molecule is CCc1ccc(N(C)c2nc(Cl)nc3nc[nH]c23)cc1. The average Bonchev–Trinajstić information content (AvgIpc) is 2.94. The maximum Gasteiger partial charge on any atom is 0.226 e. The summed E-state index contributed by atoms with van der Waals surface area (Å²) < 4.78 is 0. The number of aromatic nitrogens is 4. The molecule has 3 aromatic rings. The Hall–Kier alpha value is -2.14. The van der Waals surface area contributed by atoms with Crippen molar-refractivity contribution >= 4 is 34.3 Å². The van der Waals surface area contributed by atoms with E-state index in [2.05, 4.69) is 51.1 Å². The zero-order chi connectivity index (χ0) is 14.1. The lowest BCUT2D eigenvalue weighted by Crippen LogP contribution is -2.12. The van der Waals surface area contributed by atoms with E-state index in [1.165, 1.54) is 5.56 Å². The predicted molar refractivity (Wildman–Crippen MR) is 80.6 cm³/mol. The monoisotopic (exact) mass is 287 g/mol. The molecule has 2 aromatic heterocycles. The van der Waals surface area contributed by atoms with Crippen molar-refractivity contribution in [1.82, 2.24) is 19.9 Å². The molecule has 0 aliphatic carbocycles. The summed E-state index contributed by atoms with van der Waals surface area (Å²) in [6.07, 6.45) is 2.61. The van der Waals surface area contributed by atoms with Crippen molar-refractivity contribution in [2.75, 3.05) is 11.9 Å². The molecule has 1 aromatic carbocycles. The van der Waals surface area contributed by atoms with E-state index in [1.807, 2.05) is 11.9 Å². The number of H-pyrrole nitrogens is 1. The average molecular weight is 288 g/mol. The second kappa shape index (κ2) is 5.09. The summed E-state index contributed by atoms with van der Waals surface area (Å²) in [7, 11) is 1.94. The molecule has 0 aliphatic heterocycles. The van der Waals surface area contributed by atoms with Crippen molar-refractivity contribution < 1.29 is 0 Å². The molecule has 5 nitrogen and oxygen atoms in total. The van der Waals surface area contributed by atoms with Crippen LogP contribution in [0.3, 0.4) is 0 Å². The van der Waals surface area contributed by atoms with Crippen molar-refractivity contribution in [3.05, 3.63) is 41.4 Å². The van der Waals surface area contributed by atoms with Crippen molar-refractivity contribution in [3.63, 3.8) is 0 Å². The minimum Gasteiger partial charge on any atom is -0.340 e. The Labute approximate surface area is 121 Å². The van der Waals surface area contributed by atoms with Gasteiger partial charge in [0.2, 0.25) is 5.28 Å². The number of hydrogen-bond acceptors (Lipinski definition) is 4. The number of aromatic amines is 1. The van der Waals surface area contributed by atoms with Crippen molar-refractivity contribution in [3.8, 4) is 0 Å². The lowest BCUT2D eigenvalue weighted by molar-refractivity contribution is 1.09. The standard InChI is InChI=1S/C14H14ClN5/c1-3-9-4-6-10(7-5-9)20(2)13-11-12(17-8-16-11)18-14(15)19-13/h4-8H,3H2,1-2H3,(H,16,17,18,19). The molecular weight excluding hydrogens is 274 g/mol. The number of halogens is 1. The van der Waals surface area contributed by atoms with E-state index in [9.17, 15) is 0 Å². The number of imidazole rings is 1. The molecule has 0 saturated heterocycles. The topological polar surface area (TPSA) is 57.7 Å². The van der Waals surface area contributed by atoms with Crippen LogP contribution in [0.25, 0.3) is 11.2 Å². The molecule has 102 valence electrons. The van der Waals surface area contributed by atoms with Gasteiger partial charge in [-0.25, -0.2) is 4.98 Å². The Morgan fingerprint density at radius 2 is 1.95 bits per heavy atom. The van der Waals surface area contributed by atoms with Gasteiger partial charge in [0.1, 0.15) is 5.52 Å². The van der Waals surface area contributed by atoms with Crippen LogP contribution >= 0.6 is 11.6 Å². The molecule has 0 radical (unpaired) electrons. The molecule has 0 unspecified atom stereocenters. The molecule has 0 saturated carbocycles. The van der Waals surface area contributed by atoms with E-state index < -0.39 is 0 Å². The lowest BCUT2D eigenvalue weighted by atomic mass is 10.1. The largest absolute Gasteiger partial charge is 0.340 e. The van der Waals surface area contributed by atoms with Gasteiger partial charge in [-0.1, -0.05) is 19.1 Å². The van der Waals surface area contributed by atoms with E-state index in [1.54, 1.807) is 6.33 Å². The zero-order valence-corrected chi connectivity index (χ0v) is 12.0. The summed E-state index contributed by atoms with van der Waals surface area (Å²) in [5.41, 5.74) is 3.68. The second-order valence-corrected chi connectivity index (χ2v) is 4.83. The van der Waals surface area contributed by atoms with Crippen LogP contribution in [-0.2, 0) is 6.42 Å². The minimum absolute atomic E-state index is 0.191. The highest BCUT2D eigenvalue weighted by atomic mass is 35.5. The smallest absolute Gasteiger partial charge is 0.226 e. The Bertz CT molecular complexity index is 735. The summed E-state index contributed by atoms with van der Waals surface area (Å²) in [4.78, 5) is 17.5. The first-order valence-corrected chi connectivity index (χ1v) is 6.76. The maximum atomic E-state index is 5.96. The van der Waals surface area contributed by atoms with Gasteiger partial charge in [0, 0.05) is 12.7 Å². The van der Waals surface area contributed by atoms with Gasteiger partial charge in [0.25, 0.3) is 0 Å². The highest BCUT2D eigenvalue weighted by Crippen LogP contribution is 2.28. The van der Waals surface area contributed by atoms with Gasteiger partial charge in [-0.05, 0) is 35.7 Å². The van der Waals surface area contributed by atoms with E-state index in [0.717, 1.165) is 17.6 Å². The predicted octanol–water partition coefficient (Wildman–Crippen LogP) is 3.34. The van der Waals surface area contributed by atoms with Gasteiger partial charge in [0.15, 0.2) is 11.5 Å². The first kappa shape index (κ1) is 12.9. The van der Waals surface area contributed by atoms with Crippen molar-refractivity contribution in [1.29, 1.82) is 0 Å². The molecule has 2 heterocycles. The molecule has 0 bridgehead atoms. The van der Waals surface area contributed by atoms with Gasteiger partial charge < -0.3 is 9.88 Å². The summed E-state index contributed by atoms with van der Waals surface area (Å²) >= 11 is 5.96. The van der Waals surface area contributed by atoms with Crippen LogP contribution in [0.2, 0.25) is 5.28 Å². The molecule has 0 atom stereocenters. The van der Waals surface area contributed by atoms with Crippen LogP contribution in [0, 0.1) is 0 Å². The Balaban J connectivity index is 2.06. The second-order valence-electron chi connectivity index (χ2n) is 4.50. The first-order chi connectivity index (χ1) is 9.69. The third-order valence-corrected chi connectivity index (χ3v) is 3.46. The van der Waals surface area contributed by atoms with E-state index in [-0.39, 0.29) is 5.28 Å². The fraction of sp³-hybridized carbons (Fsp3) is 0.214. The molecule has 20 heavy (non-hydrogen) atoms. The van der Waals surface area contributed by atoms with Crippen molar-refractivity contribution in [2.45, 2.75) is 13.3 Å². The molecule has 6 heteroatoms. The first-order valence-electron chi connectivity index (χ1n) is 6.38. The third-order valence-electron chi connectivity index (χ3n) is 3.29. The molecule has 3 rings (SSSR count). The molecule has 0 amide bonds. The van der Waals surface area contributed by atoms with Crippen LogP contribution in [0.5, 0.6) is 0 Å². The number of nitrogens with zero attached hydrogens (tertiary/aromatic N) is 4. The number of rotatable bonds is 3. The summed E-state index contributed by atoms with van der Waals surface area (Å²) in [6.45, 7) is 2.14. The Morgan fingerprint density at radius 3 is 2.65 bits per heavy atom. The Kier molecular flexibility index (Phi) is 3.28. The molecule has 0 aliphatic rings. The number of hydrogen-bond donors (Lipinski definition) is 1. The van der Waals surface area contributed by atoms with Gasteiger partial charge in [-0.3, -0.25) is 0 Å². The number of nitrogens with one attached hydrogen (secondary N) is 1. The highest BCUT2D eigenvalue weighted by Gasteiger charge is 2.14. The van der Waals surface area contributed by atoms with Gasteiger partial charge in [-0.2, -0.15) is 9.97 Å². The summed E-state index contributed by atoms with van der Waals surface area (Å²) in [6, 6.07) is 8.35. The molecule has 0 spiro atoms. The van der Waals surface area contributed by atoms with Crippen LogP contribution in [0.15, 0.2) is 30.6 Å². The van der Waals surface area contributed by atoms with Gasteiger partial charge >= 0.3 is 0 Å². The highest BCUT2D eigenvalue weighted by molar-refractivity contribution is 6.28. The molecule has 0 fully saturated rings.